The van der Waals surface area contributed by atoms with E-state index in [0.29, 0.717) is 5.82 Å². The van der Waals surface area contributed by atoms with Gasteiger partial charge in [-0.25, -0.2) is 4.98 Å². The minimum atomic E-state index is -1.11. The molecule has 2 aromatic carbocycles. The van der Waals surface area contributed by atoms with Gasteiger partial charge in [0.1, 0.15) is 17.6 Å². The molecule has 1 unspecified atom stereocenters. The summed E-state index contributed by atoms with van der Waals surface area (Å²) in [5.41, 5.74) is 7.96. The number of imidazole rings is 1. The molecule has 0 aliphatic heterocycles. The smallest absolute Gasteiger partial charge is 0.287 e. The Bertz CT molecular complexity index is 1270. The summed E-state index contributed by atoms with van der Waals surface area (Å²) in [5.74, 6) is -1.87. The highest BCUT2D eigenvalue weighted by Crippen LogP contribution is 2.20. The van der Waals surface area contributed by atoms with Gasteiger partial charge in [0.25, 0.3) is 11.8 Å². The van der Waals surface area contributed by atoms with Crippen LogP contribution in [0.15, 0.2) is 67.0 Å². The fourth-order valence-corrected chi connectivity index (χ4v) is 3.64. The molecule has 8 heteroatoms. The number of nitrogens with one attached hydrogen (secondary N) is 2. The number of aromatic amines is 1. The van der Waals surface area contributed by atoms with Gasteiger partial charge >= 0.3 is 0 Å². The summed E-state index contributed by atoms with van der Waals surface area (Å²) < 4.78 is 1.69. The number of hydrogen-bond donors (Lipinski definition) is 3. The zero-order valence-electron chi connectivity index (χ0n) is 16.8. The van der Waals surface area contributed by atoms with Crippen LogP contribution in [-0.4, -0.2) is 38.2 Å². The van der Waals surface area contributed by atoms with Gasteiger partial charge in [0.05, 0.1) is 6.20 Å². The number of carbonyl (C=O) groups excluding carboxylic acids is 3. The topological polar surface area (TPSA) is 123 Å². The van der Waals surface area contributed by atoms with E-state index in [0.717, 1.165) is 22.2 Å². The first-order valence-corrected chi connectivity index (χ1v) is 9.75. The van der Waals surface area contributed by atoms with Gasteiger partial charge < -0.3 is 16.0 Å². The van der Waals surface area contributed by atoms with Crippen molar-refractivity contribution in [2.24, 2.45) is 5.73 Å². The van der Waals surface area contributed by atoms with Crippen molar-refractivity contribution in [3.8, 4) is 5.69 Å². The normalized spacial score (nSPS) is 11.9. The molecule has 4 aromatic rings. The molecule has 2 heterocycles. The monoisotopic (exact) mass is 415 g/mol. The van der Waals surface area contributed by atoms with Gasteiger partial charge in [-0.3, -0.25) is 19.0 Å². The van der Waals surface area contributed by atoms with E-state index in [1.54, 1.807) is 17.7 Å². The van der Waals surface area contributed by atoms with Crippen LogP contribution in [0.2, 0.25) is 0 Å². The van der Waals surface area contributed by atoms with Crippen LogP contribution in [0.1, 0.15) is 21.9 Å². The zero-order chi connectivity index (χ0) is 22.0. The number of fused-ring (bicyclic) bond motifs is 1. The quantitative estimate of drug-likeness (QED) is 0.400. The number of amides is 2. The maximum Gasteiger partial charge on any atom is 0.287 e. The third kappa shape index (κ3) is 3.95. The summed E-state index contributed by atoms with van der Waals surface area (Å²) in [5, 5.41) is 3.58. The van der Waals surface area contributed by atoms with Crippen molar-refractivity contribution in [1.29, 1.82) is 0 Å². The molecule has 2 amide bonds. The molecule has 0 spiro atoms. The molecule has 0 aliphatic carbocycles. The van der Waals surface area contributed by atoms with Gasteiger partial charge in [0.2, 0.25) is 5.78 Å². The Kier molecular flexibility index (Phi) is 5.36. The molecule has 2 aromatic heterocycles. The summed E-state index contributed by atoms with van der Waals surface area (Å²) in [6.07, 6.45) is 3.32. The average Bonchev–Trinajstić information content (AvgIpc) is 3.37. The predicted octanol–water partition coefficient (Wildman–Crippen LogP) is 2.06. The van der Waals surface area contributed by atoms with E-state index < -0.39 is 23.6 Å². The van der Waals surface area contributed by atoms with Crippen molar-refractivity contribution in [1.82, 2.24) is 19.9 Å². The fraction of sp³-hybridized carbons (Fsp3) is 0.130. The van der Waals surface area contributed by atoms with Gasteiger partial charge in [0, 0.05) is 29.2 Å². The number of nitrogens with two attached hydrogens (primary N) is 1. The van der Waals surface area contributed by atoms with Crippen LogP contribution in [-0.2, 0) is 16.0 Å². The second-order valence-corrected chi connectivity index (χ2v) is 7.18. The molecule has 4 rings (SSSR count). The minimum Gasteiger partial charge on any atom is -0.363 e. The Morgan fingerprint density at radius 2 is 1.81 bits per heavy atom. The average molecular weight is 415 g/mol. The minimum absolute atomic E-state index is 0.121. The lowest BCUT2D eigenvalue weighted by molar-refractivity contribution is -0.137. The lowest BCUT2D eigenvalue weighted by atomic mass is 10.0. The largest absolute Gasteiger partial charge is 0.363 e. The Morgan fingerprint density at radius 3 is 2.55 bits per heavy atom. The van der Waals surface area contributed by atoms with Crippen LogP contribution in [0.25, 0.3) is 16.6 Å². The molecule has 31 heavy (non-hydrogen) atoms. The highest BCUT2D eigenvalue weighted by molar-refractivity contribution is 6.38. The molecular formula is C23H21N5O3. The number of carbonyl (C=O) groups is 3. The van der Waals surface area contributed by atoms with Gasteiger partial charge in [-0.15, -0.1) is 0 Å². The number of ketones is 1. The molecular weight excluding hydrogens is 394 g/mol. The number of aryl methyl sites for hydroxylation is 1. The number of benzene rings is 2. The Labute approximate surface area is 178 Å². The lowest BCUT2D eigenvalue weighted by Gasteiger charge is -2.17. The third-order valence-corrected chi connectivity index (χ3v) is 5.15. The van der Waals surface area contributed by atoms with Gasteiger partial charge in [-0.2, -0.15) is 0 Å². The SMILES string of the molecule is Cc1ncc(C(=O)NC(Cc2c[nH]c3ccccc23)C(=O)C(N)=O)n1-c1ccccc1. The number of primary amides is 1. The van der Waals surface area contributed by atoms with Crippen molar-refractivity contribution >= 4 is 28.5 Å². The summed E-state index contributed by atoms with van der Waals surface area (Å²) >= 11 is 0. The standard InChI is InChI=1S/C23H21N5O3/c1-14-25-13-20(28(14)16-7-3-2-4-8-16)23(31)27-19(21(29)22(24)30)11-15-12-26-18-10-6-5-9-17(15)18/h2-10,12-13,19,26H,11H2,1H3,(H2,24,30)(H,27,31). The van der Waals surface area contributed by atoms with Crippen LogP contribution < -0.4 is 11.1 Å². The number of aromatic nitrogens is 3. The van der Waals surface area contributed by atoms with E-state index in [-0.39, 0.29) is 12.1 Å². The Balaban J connectivity index is 1.65. The molecule has 0 saturated carbocycles. The van der Waals surface area contributed by atoms with Crippen LogP contribution in [0, 0.1) is 6.92 Å². The molecule has 156 valence electrons. The number of nitrogens with zero attached hydrogens (tertiary/aromatic N) is 2. The maximum absolute atomic E-state index is 13.1. The first kappa shape index (κ1) is 20.1. The molecule has 0 radical (unpaired) electrons. The van der Waals surface area contributed by atoms with Crippen molar-refractivity contribution < 1.29 is 14.4 Å². The predicted molar refractivity (Wildman–Crippen MR) is 116 cm³/mol. The van der Waals surface area contributed by atoms with E-state index in [9.17, 15) is 14.4 Å². The number of Topliss-reactive ketones (excluding diaryl/α,β-unsaturated/α-hetero) is 1. The van der Waals surface area contributed by atoms with Gasteiger partial charge in [0.15, 0.2) is 0 Å². The molecule has 8 nitrogen and oxygen atoms in total. The van der Waals surface area contributed by atoms with E-state index in [1.165, 1.54) is 6.20 Å². The van der Waals surface area contributed by atoms with E-state index in [1.807, 2.05) is 54.6 Å². The van der Waals surface area contributed by atoms with E-state index in [4.69, 9.17) is 5.73 Å². The van der Waals surface area contributed by atoms with Crippen LogP contribution >= 0.6 is 0 Å². The summed E-state index contributed by atoms with van der Waals surface area (Å²) in [4.78, 5) is 44.6. The van der Waals surface area contributed by atoms with Crippen LogP contribution in [0.4, 0.5) is 0 Å². The first-order chi connectivity index (χ1) is 15.0. The van der Waals surface area contributed by atoms with Crippen LogP contribution in [0.5, 0.6) is 0 Å². The second kappa shape index (κ2) is 8.27. The molecule has 4 N–H and O–H groups in total. The third-order valence-electron chi connectivity index (χ3n) is 5.15. The number of para-hydroxylation sites is 2. The summed E-state index contributed by atoms with van der Waals surface area (Å²) in [6, 6.07) is 15.8. The molecule has 1 atom stereocenters. The maximum atomic E-state index is 13.1. The highest BCUT2D eigenvalue weighted by atomic mass is 16.2. The molecule has 0 fully saturated rings. The number of H-pyrrole nitrogens is 1. The first-order valence-electron chi connectivity index (χ1n) is 9.75. The van der Waals surface area contributed by atoms with E-state index in [2.05, 4.69) is 15.3 Å². The summed E-state index contributed by atoms with van der Waals surface area (Å²) in [6.45, 7) is 1.78. The highest BCUT2D eigenvalue weighted by Gasteiger charge is 2.28. The second-order valence-electron chi connectivity index (χ2n) is 7.18. The Hall–Kier alpha value is -4.20. The summed E-state index contributed by atoms with van der Waals surface area (Å²) in [7, 11) is 0. The zero-order valence-corrected chi connectivity index (χ0v) is 16.8. The number of rotatable bonds is 7. The molecule has 0 saturated heterocycles. The Morgan fingerprint density at radius 1 is 1.10 bits per heavy atom. The van der Waals surface area contributed by atoms with Crippen molar-refractivity contribution in [3.63, 3.8) is 0 Å². The fourth-order valence-electron chi connectivity index (χ4n) is 3.64. The van der Waals surface area contributed by atoms with E-state index >= 15 is 0 Å². The molecule has 0 aliphatic rings. The lowest BCUT2D eigenvalue weighted by Crippen LogP contribution is -2.47. The molecule has 0 bridgehead atoms. The van der Waals surface area contributed by atoms with Crippen molar-refractivity contribution in [2.75, 3.05) is 0 Å². The van der Waals surface area contributed by atoms with Gasteiger partial charge in [-0.1, -0.05) is 36.4 Å². The number of hydrogen-bond acceptors (Lipinski definition) is 4. The van der Waals surface area contributed by atoms with Crippen molar-refractivity contribution in [2.45, 2.75) is 19.4 Å². The van der Waals surface area contributed by atoms with Crippen molar-refractivity contribution in [3.05, 3.63) is 84.1 Å². The van der Waals surface area contributed by atoms with Gasteiger partial charge in [-0.05, 0) is 30.7 Å². The van der Waals surface area contributed by atoms with Crippen LogP contribution in [0.3, 0.4) is 0 Å².